The molecule has 0 unspecified atom stereocenters. The molecule has 1 aliphatic carbocycles. The van der Waals surface area contributed by atoms with Crippen molar-refractivity contribution in [1.29, 1.82) is 0 Å². The van der Waals surface area contributed by atoms with Gasteiger partial charge in [0, 0.05) is 22.1 Å². The summed E-state index contributed by atoms with van der Waals surface area (Å²) in [6.45, 7) is 0. The molecule has 1 fully saturated rings. The quantitative estimate of drug-likeness (QED) is 0.734. The Hall–Kier alpha value is -2.46. The summed E-state index contributed by atoms with van der Waals surface area (Å²) >= 11 is 6.05. The van der Waals surface area contributed by atoms with Gasteiger partial charge in [-0.3, -0.25) is 4.79 Å². The van der Waals surface area contributed by atoms with Gasteiger partial charge in [-0.25, -0.2) is 0 Å². The molecule has 5 heteroatoms. The maximum atomic E-state index is 13.0. The summed E-state index contributed by atoms with van der Waals surface area (Å²) in [4.78, 5) is 16.3. The first-order valence-electron chi connectivity index (χ1n) is 7.86. The number of rotatable bonds is 4. The average molecular weight is 341 g/mol. The minimum absolute atomic E-state index is 0.0205. The van der Waals surface area contributed by atoms with E-state index in [0.29, 0.717) is 16.5 Å². The number of aromatic amines is 1. The molecular formula is C19H17ClN2O2. The summed E-state index contributed by atoms with van der Waals surface area (Å²) in [6.07, 6.45) is 3.62. The number of methoxy groups -OCH3 is 1. The van der Waals surface area contributed by atoms with Gasteiger partial charge >= 0.3 is 0 Å². The minimum Gasteiger partial charge on any atom is -0.495 e. The number of H-pyrrole nitrogens is 1. The minimum atomic E-state index is -0.479. The second-order valence-corrected chi connectivity index (χ2v) is 6.57. The fraction of sp³-hybridized carbons (Fsp3) is 0.211. The van der Waals surface area contributed by atoms with Gasteiger partial charge in [0.2, 0.25) is 5.91 Å². The molecule has 4 nitrogen and oxygen atoms in total. The lowest BCUT2D eigenvalue weighted by Crippen LogP contribution is -2.27. The third-order valence-electron chi connectivity index (χ3n) is 4.70. The summed E-state index contributed by atoms with van der Waals surface area (Å²) in [5.41, 5.74) is 2.22. The van der Waals surface area contributed by atoms with Gasteiger partial charge in [-0.15, -0.1) is 0 Å². The number of carbonyl (C=O) groups excluding carboxylic acids is 1. The fourth-order valence-corrected chi connectivity index (χ4v) is 3.40. The van der Waals surface area contributed by atoms with Crippen LogP contribution in [-0.4, -0.2) is 18.0 Å². The largest absolute Gasteiger partial charge is 0.495 e. The van der Waals surface area contributed by atoms with E-state index in [-0.39, 0.29) is 5.91 Å². The fourth-order valence-electron chi connectivity index (χ4n) is 3.23. The van der Waals surface area contributed by atoms with Gasteiger partial charge < -0.3 is 15.0 Å². The number of nitrogens with one attached hydrogen (secondary N) is 2. The first kappa shape index (κ1) is 15.1. The number of ether oxygens (including phenoxy) is 1. The summed E-state index contributed by atoms with van der Waals surface area (Å²) in [7, 11) is 1.57. The van der Waals surface area contributed by atoms with Crippen molar-refractivity contribution in [3.8, 4) is 5.75 Å². The molecule has 2 aromatic carbocycles. The molecular weight excluding hydrogens is 324 g/mol. The molecule has 0 bridgehead atoms. The Morgan fingerprint density at radius 2 is 2.04 bits per heavy atom. The highest BCUT2D eigenvalue weighted by atomic mass is 35.5. The molecule has 2 N–H and O–H groups in total. The van der Waals surface area contributed by atoms with E-state index in [9.17, 15) is 4.79 Å². The predicted molar refractivity (Wildman–Crippen MR) is 95.8 cm³/mol. The molecule has 1 aliphatic rings. The molecule has 1 saturated carbocycles. The van der Waals surface area contributed by atoms with E-state index in [1.165, 1.54) is 0 Å². The standard InChI is InChI=1S/C19H17ClN2O2/c1-24-17-7-6-12(20)10-16(17)22-18(23)19(8-9-19)14-11-21-15-5-3-2-4-13(14)15/h2-7,10-11,21H,8-9H2,1H3,(H,22,23). The molecule has 0 spiro atoms. The number of hydrogen-bond acceptors (Lipinski definition) is 2. The number of halogens is 1. The number of amides is 1. The van der Waals surface area contributed by atoms with Crippen LogP contribution >= 0.6 is 11.6 Å². The van der Waals surface area contributed by atoms with Gasteiger partial charge in [0.25, 0.3) is 0 Å². The number of hydrogen-bond donors (Lipinski definition) is 2. The maximum absolute atomic E-state index is 13.0. The van der Waals surface area contributed by atoms with E-state index in [1.54, 1.807) is 25.3 Å². The maximum Gasteiger partial charge on any atom is 0.235 e. The predicted octanol–water partition coefficient (Wildman–Crippen LogP) is 4.50. The van der Waals surface area contributed by atoms with Crippen molar-refractivity contribution in [2.75, 3.05) is 12.4 Å². The highest BCUT2D eigenvalue weighted by Crippen LogP contribution is 2.51. The van der Waals surface area contributed by atoms with Crippen LogP contribution in [0, 0.1) is 0 Å². The molecule has 1 aromatic heterocycles. The third-order valence-corrected chi connectivity index (χ3v) is 4.93. The van der Waals surface area contributed by atoms with E-state index in [0.717, 1.165) is 29.3 Å². The zero-order valence-electron chi connectivity index (χ0n) is 13.2. The Balaban J connectivity index is 1.69. The van der Waals surface area contributed by atoms with Crippen LogP contribution in [0.4, 0.5) is 5.69 Å². The Morgan fingerprint density at radius 1 is 1.25 bits per heavy atom. The monoisotopic (exact) mass is 340 g/mol. The smallest absolute Gasteiger partial charge is 0.235 e. The number of fused-ring (bicyclic) bond motifs is 1. The van der Waals surface area contributed by atoms with Crippen molar-refractivity contribution < 1.29 is 9.53 Å². The van der Waals surface area contributed by atoms with Crippen LogP contribution in [0.5, 0.6) is 5.75 Å². The van der Waals surface area contributed by atoms with E-state index < -0.39 is 5.41 Å². The number of anilines is 1. The lowest BCUT2D eigenvalue weighted by atomic mass is 9.94. The van der Waals surface area contributed by atoms with Crippen LogP contribution in [0.1, 0.15) is 18.4 Å². The lowest BCUT2D eigenvalue weighted by molar-refractivity contribution is -0.118. The Bertz CT molecular complexity index is 928. The second kappa shape index (κ2) is 5.56. The molecule has 0 atom stereocenters. The van der Waals surface area contributed by atoms with Gasteiger partial charge in [0.15, 0.2) is 0 Å². The number of benzene rings is 2. The van der Waals surface area contributed by atoms with Crippen molar-refractivity contribution >= 4 is 34.1 Å². The van der Waals surface area contributed by atoms with Gasteiger partial charge in [0.05, 0.1) is 18.2 Å². The van der Waals surface area contributed by atoms with E-state index in [2.05, 4.69) is 16.4 Å². The van der Waals surface area contributed by atoms with Gasteiger partial charge in [-0.1, -0.05) is 29.8 Å². The van der Waals surface area contributed by atoms with Gasteiger partial charge in [-0.2, -0.15) is 0 Å². The van der Waals surface area contributed by atoms with Crippen LogP contribution in [0.25, 0.3) is 10.9 Å². The van der Waals surface area contributed by atoms with Crippen LogP contribution in [-0.2, 0) is 10.2 Å². The van der Waals surface area contributed by atoms with E-state index in [4.69, 9.17) is 16.3 Å². The third kappa shape index (κ3) is 2.34. The normalized spacial score (nSPS) is 15.2. The van der Waals surface area contributed by atoms with Crippen molar-refractivity contribution in [2.24, 2.45) is 0 Å². The van der Waals surface area contributed by atoms with Crippen LogP contribution in [0.2, 0.25) is 5.02 Å². The number of carbonyl (C=O) groups is 1. The molecule has 0 radical (unpaired) electrons. The van der Waals surface area contributed by atoms with E-state index >= 15 is 0 Å². The SMILES string of the molecule is COc1ccc(Cl)cc1NC(=O)C1(c2c[nH]c3ccccc23)CC1. The molecule has 1 heterocycles. The lowest BCUT2D eigenvalue weighted by Gasteiger charge is -2.17. The highest BCUT2D eigenvalue weighted by molar-refractivity contribution is 6.31. The van der Waals surface area contributed by atoms with Crippen molar-refractivity contribution in [2.45, 2.75) is 18.3 Å². The average Bonchev–Trinajstić information content (AvgIpc) is 3.28. The Labute approximate surface area is 144 Å². The summed E-state index contributed by atoms with van der Waals surface area (Å²) in [5, 5.41) is 4.65. The zero-order valence-corrected chi connectivity index (χ0v) is 14.0. The second-order valence-electron chi connectivity index (χ2n) is 6.13. The van der Waals surface area contributed by atoms with Crippen molar-refractivity contribution in [1.82, 2.24) is 4.98 Å². The zero-order chi connectivity index (χ0) is 16.7. The summed E-state index contributed by atoms with van der Waals surface area (Å²) < 4.78 is 5.32. The number of aromatic nitrogens is 1. The van der Waals surface area contributed by atoms with Crippen molar-refractivity contribution in [3.05, 3.63) is 59.2 Å². The topological polar surface area (TPSA) is 54.1 Å². The first-order chi connectivity index (χ1) is 11.6. The van der Waals surface area contributed by atoms with Gasteiger partial charge in [-0.05, 0) is 42.7 Å². The molecule has 3 aromatic rings. The first-order valence-corrected chi connectivity index (χ1v) is 8.23. The molecule has 0 saturated heterocycles. The van der Waals surface area contributed by atoms with Crippen molar-refractivity contribution in [3.63, 3.8) is 0 Å². The molecule has 4 rings (SSSR count). The number of para-hydroxylation sites is 1. The molecule has 1 amide bonds. The molecule has 122 valence electrons. The van der Waals surface area contributed by atoms with E-state index in [1.807, 2.05) is 24.4 Å². The highest BCUT2D eigenvalue weighted by Gasteiger charge is 2.52. The summed E-state index contributed by atoms with van der Waals surface area (Å²) in [6, 6.07) is 13.3. The molecule has 24 heavy (non-hydrogen) atoms. The summed E-state index contributed by atoms with van der Waals surface area (Å²) in [5.74, 6) is 0.579. The van der Waals surface area contributed by atoms with Crippen LogP contribution in [0.3, 0.4) is 0 Å². The van der Waals surface area contributed by atoms with Gasteiger partial charge in [0.1, 0.15) is 5.75 Å². The Morgan fingerprint density at radius 3 is 2.79 bits per heavy atom. The van der Waals surface area contributed by atoms with Crippen LogP contribution < -0.4 is 10.1 Å². The molecule has 0 aliphatic heterocycles. The van der Waals surface area contributed by atoms with Crippen LogP contribution in [0.15, 0.2) is 48.7 Å². The Kier molecular flexibility index (Phi) is 3.50.